The first-order chi connectivity index (χ1) is 12.7. The number of benzene rings is 4. The molecule has 1 aliphatic heterocycles. The number of imide groups is 1. The molecule has 0 saturated carbocycles. The van der Waals surface area contributed by atoms with E-state index >= 15 is 0 Å². The number of fused-ring (bicyclic) bond motifs is 3. The van der Waals surface area contributed by atoms with E-state index in [4.69, 9.17) is 0 Å². The van der Waals surface area contributed by atoms with Gasteiger partial charge < -0.3 is 0 Å². The van der Waals surface area contributed by atoms with Gasteiger partial charge in [-0.15, -0.1) is 0 Å². The van der Waals surface area contributed by atoms with Gasteiger partial charge in [0.25, 0.3) is 11.8 Å². The Hall–Kier alpha value is -3.46. The van der Waals surface area contributed by atoms with Gasteiger partial charge in [0.15, 0.2) is 0 Å². The monoisotopic (exact) mass is 337 g/mol. The minimum absolute atomic E-state index is 0.220. The third-order valence-electron chi connectivity index (χ3n) is 5.08. The maximum atomic E-state index is 12.8. The Bertz CT molecular complexity index is 1120. The molecule has 1 heterocycles. The minimum atomic E-state index is -0.220. The lowest BCUT2D eigenvalue weighted by Crippen LogP contribution is -2.29. The molecule has 124 valence electrons. The molecule has 0 radical (unpaired) electrons. The van der Waals surface area contributed by atoms with Gasteiger partial charge in [0.2, 0.25) is 0 Å². The second-order valence-corrected chi connectivity index (χ2v) is 6.54. The lowest BCUT2D eigenvalue weighted by atomic mass is 9.96. The molecule has 3 nitrogen and oxygen atoms in total. The first-order valence-corrected chi connectivity index (χ1v) is 8.58. The first kappa shape index (κ1) is 14.8. The summed E-state index contributed by atoms with van der Waals surface area (Å²) in [7, 11) is 0. The van der Waals surface area contributed by atoms with Crippen molar-refractivity contribution in [1.29, 1.82) is 0 Å². The van der Waals surface area contributed by atoms with Gasteiger partial charge in [-0.25, -0.2) is 0 Å². The van der Waals surface area contributed by atoms with Crippen LogP contribution in [-0.2, 0) is 6.54 Å². The zero-order valence-electron chi connectivity index (χ0n) is 14.0. The van der Waals surface area contributed by atoms with E-state index in [-0.39, 0.29) is 18.4 Å². The molecule has 4 aromatic carbocycles. The number of carbonyl (C=O) groups is 2. The molecule has 0 N–H and O–H groups in total. The van der Waals surface area contributed by atoms with E-state index in [1.807, 2.05) is 24.3 Å². The van der Waals surface area contributed by atoms with E-state index in [9.17, 15) is 9.59 Å². The van der Waals surface area contributed by atoms with Crippen LogP contribution in [0.25, 0.3) is 21.5 Å². The van der Waals surface area contributed by atoms with E-state index < -0.39 is 0 Å². The van der Waals surface area contributed by atoms with Gasteiger partial charge in [-0.2, -0.15) is 0 Å². The molecule has 1 aliphatic rings. The van der Waals surface area contributed by atoms with Gasteiger partial charge in [0.05, 0.1) is 17.7 Å². The third kappa shape index (κ3) is 2.07. The van der Waals surface area contributed by atoms with Crippen LogP contribution in [0.15, 0.2) is 78.9 Å². The van der Waals surface area contributed by atoms with Gasteiger partial charge in [-0.05, 0) is 45.3 Å². The molecule has 3 heteroatoms. The molecule has 5 rings (SSSR count). The average molecular weight is 337 g/mol. The van der Waals surface area contributed by atoms with E-state index in [2.05, 4.69) is 30.3 Å². The molecule has 2 amide bonds. The topological polar surface area (TPSA) is 37.4 Å². The summed E-state index contributed by atoms with van der Waals surface area (Å²) in [5, 5.41) is 4.36. The third-order valence-corrected chi connectivity index (χ3v) is 5.08. The molecule has 0 unspecified atom stereocenters. The highest BCUT2D eigenvalue weighted by molar-refractivity contribution is 6.21. The molecule has 26 heavy (non-hydrogen) atoms. The highest BCUT2D eigenvalue weighted by Crippen LogP contribution is 2.32. The molecule has 0 atom stereocenters. The van der Waals surface area contributed by atoms with Gasteiger partial charge in [-0.1, -0.05) is 60.7 Å². The average Bonchev–Trinajstić information content (AvgIpc) is 2.93. The van der Waals surface area contributed by atoms with Crippen molar-refractivity contribution in [3.8, 4) is 0 Å². The molecular formula is C23H15NO2. The Morgan fingerprint density at radius 1 is 0.615 bits per heavy atom. The van der Waals surface area contributed by atoms with E-state index in [0.29, 0.717) is 11.1 Å². The predicted molar refractivity (Wildman–Crippen MR) is 102 cm³/mol. The van der Waals surface area contributed by atoms with Crippen LogP contribution in [-0.4, -0.2) is 16.7 Å². The largest absolute Gasteiger partial charge is 0.270 e. The summed E-state index contributed by atoms with van der Waals surface area (Å²) in [6, 6.07) is 25.4. The molecule has 0 aliphatic carbocycles. The maximum Gasteiger partial charge on any atom is 0.261 e. The van der Waals surface area contributed by atoms with Crippen molar-refractivity contribution < 1.29 is 9.59 Å². The van der Waals surface area contributed by atoms with E-state index in [1.165, 1.54) is 4.90 Å². The Morgan fingerprint density at radius 2 is 1.08 bits per heavy atom. The fraction of sp³-hybridized carbons (Fsp3) is 0.0435. The summed E-state index contributed by atoms with van der Waals surface area (Å²) >= 11 is 0. The normalized spacial score (nSPS) is 13.6. The van der Waals surface area contributed by atoms with Crippen LogP contribution in [0.3, 0.4) is 0 Å². The summed E-state index contributed by atoms with van der Waals surface area (Å²) in [6.07, 6.45) is 0. The number of rotatable bonds is 2. The minimum Gasteiger partial charge on any atom is -0.270 e. The quantitative estimate of drug-likeness (QED) is 0.389. The molecule has 0 fully saturated rings. The molecule has 0 saturated heterocycles. The molecule has 0 spiro atoms. The number of amides is 2. The van der Waals surface area contributed by atoms with E-state index in [0.717, 1.165) is 27.1 Å². The van der Waals surface area contributed by atoms with Gasteiger partial charge in [0.1, 0.15) is 0 Å². The van der Waals surface area contributed by atoms with Crippen molar-refractivity contribution in [3.05, 3.63) is 95.6 Å². The number of nitrogens with zero attached hydrogens (tertiary/aromatic N) is 1. The van der Waals surface area contributed by atoms with Crippen molar-refractivity contribution in [2.45, 2.75) is 6.54 Å². The van der Waals surface area contributed by atoms with Crippen LogP contribution in [0.5, 0.6) is 0 Å². The summed E-state index contributed by atoms with van der Waals surface area (Å²) < 4.78 is 0. The molecule has 0 aromatic heterocycles. The summed E-state index contributed by atoms with van der Waals surface area (Å²) in [4.78, 5) is 26.9. The molecular weight excluding hydrogens is 322 g/mol. The van der Waals surface area contributed by atoms with Crippen molar-refractivity contribution in [1.82, 2.24) is 4.90 Å². The van der Waals surface area contributed by atoms with Crippen molar-refractivity contribution in [3.63, 3.8) is 0 Å². The second-order valence-electron chi connectivity index (χ2n) is 6.54. The standard InChI is InChI=1S/C23H15NO2/c25-22-19-11-5-6-12-20(19)23(26)24(22)14-21-17-9-3-1-7-15(17)13-16-8-2-4-10-18(16)21/h1-13H,14H2. The fourth-order valence-electron chi connectivity index (χ4n) is 3.82. The zero-order valence-corrected chi connectivity index (χ0v) is 14.0. The molecule has 4 aromatic rings. The summed E-state index contributed by atoms with van der Waals surface area (Å²) in [5.41, 5.74) is 1.98. The Balaban J connectivity index is 1.70. The van der Waals surface area contributed by atoms with Crippen LogP contribution in [0.4, 0.5) is 0 Å². The van der Waals surface area contributed by atoms with Gasteiger partial charge in [-0.3, -0.25) is 14.5 Å². The van der Waals surface area contributed by atoms with Crippen molar-refractivity contribution in [2.75, 3.05) is 0 Å². The Kier molecular flexibility index (Phi) is 3.16. The predicted octanol–water partition coefficient (Wildman–Crippen LogP) is 4.79. The lowest BCUT2D eigenvalue weighted by Gasteiger charge is -2.18. The van der Waals surface area contributed by atoms with Crippen molar-refractivity contribution >= 4 is 33.4 Å². The summed E-state index contributed by atoms with van der Waals surface area (Å²) in [6.45, 7) is 0.272. The van der Waals surface area contributed by atoms with Crippen LogP contribution in [0.2, 0.25) is 0 Å². The number of hydrogen-bond acceptors (Lipinski definition) is 2. The maximum absolute atomic E-state index is 12.8. The van der Waals surface area contributed by atoms with Crippen LogP contribution in [0.1, 0.15) is 26.3 Å². The smallest absolute Gasteiger partial charge is 0.261 e. The zero-order chi connectivity index (χ0) is 17.7. The van der Waals surface area contributed by atoms with Crippen LogP contribution >= 0.6 is 0 Å². The Morgan fingerprint density at radius 3 is 1.62 bits per heavy atom. The fourth-order valence-corrected chi connectivity index (χ4v) is 3.82. The van der Waals surface area contributed by atoms with Crippen LogP contribution < -0.4 is 0 Å². The SMILES string of the molecule is O=C1c2ccccc2C(=O)N1Cc1c2ccccc2cc2ccccc12. The molecule has 0 bridgehead atoms. The Labute approximate surface area is 150 Å². The first-order valence-electron chi connectivity index (χ1n) is 8.58. The highest BCUT2D eigenvalue weighted by Gasteiger charge is 2.35. The van der Waals surface area contributed by atoms with E-state index in [1.54, 1.807) is 24.3 Å². The van der Waals surface area contributed by atoms with Gasteiger partial charge >= 0.3 is 0 Å². The number of hydrogen-bond donors (Lipinski definition) is 0. The van der Waals surface area contributed by atoms with Crippen LogP contribution in [0, 0.1) is 0 Å². The second kappa shape index (κ2) is 5.53. The number of carbonyl (C=O) groups excluding carboxylic acids is 2. The lowest BCUT2D eigenvalue weighted by molar-refractivity contribution is 0.0643. The highest BCUT2D eigenvalue weighted by atomic mass is 16.2. The van der Waals surface area contributed by atoms with Gasteiger partial charge in [0, 0.05) is 0 Å². The summed E-state index contributed by atoms with van der Waals surface area (Å²) in [5.74, 6) is -0.440. The van der Waals surface area contributed by atoms with Crippen molar-refractivity contribution in [2.24, 2.45) is 0 Å².